The summed E-state index contributed by atoms with van der Waals surface area (Å²) in [6, 6.07) is 12.8. The molecule has 1 N–H and O–H groups in total. The molecule has 26 heavy (non-hydrogen) atoms. The third-order valence-corrected chi connectivity index (χ3v) is 3.93. The van der Waals surface area contributed by atoms with E-state index in [9.17, 15) is 14.9 Å². The average molecular weight is 356 g/mol. The minimum atomic E-state index is -0.522. The Labute approximate surface area is 153 Å². The molecule has 2 aromatic rings. The summed E-state index contributed by atoms with van der Waals surface area (Å²) in [7, 11) is 0. The van der Waals surface area contributed by atoms with Crippen molar-refractivity contribution in [1.82, 2.24) is 0 Å². The zero-order valence-corrected chi connectivity index (χ0v) is 14.9. The summed E-state index contributed by atoms with van der Waals surface area (Å²) in [4.78, 5) is 22.6. The van der Waals surface area contributed by atoms with Crippen LogP contribution in [0.2, 0.25) is 0 Å². The van der Waals surface area contributed by atoms with E-state index < -0.39 is 10.8 Å². The van der Waals surface area contributed by atoms with Gasteiger partial charge in [-0.15, -0.1) is 0 Å². The molecule has 1 amide bonds. The van der Waals surface area contributed by atoms with E-state index in [1.54, 1.807) is 24.3 Å². The molecule has 0 aliphatic carbocycles. The smallest absolute Gasteiger partial charge is 0.270 e. The fourth-order valence-corrected chi connectivity index (χ4v) is 2.52. The van der Waals surface area contributed by atoms with Crippen LogP contribution in [-0.2, 0) is 0 Å². The molecule has 0 bridgehead atoms. The van der Waals surface area contributed by atoms with Crippen LogP contribution in [0, 0.1) is 10.1 Å². The maximum absolute atomic E-state index is 12.3. The largest absolute Gasteiger partial charge is 0.494 e. The number of hydrogen-bond acceptors (Lipinski definition) is 4. The van der Waals surface area contributed by atoms with Gasteiger partial charge < -0.3 is 10.1 Å². The third kappa shape index (κ3) is 6.20. The molecule has 0 fully saturated rings. The molecular formula is C20H24N2O4. The number of ether oxygens (including phenoxy) is 1. The Hall–Kier alpha value is -2.89. The van der Waals surface area contributed by atoms with Crippen molar-refractivity contribution in [3.8, 4) is 5.75 Å². The van der Waals surface area contributed by atoms with Crippen LogP contribution in [0.1, 0.15) is 49.4 Å². The number of rotatable bonds is 10. The Kier molecular flexibility index (Phi) is 7.61. The molecule has 0 atom stereocenters. The number of carbonyl (C=O) groups is 1. The Morgan fingerprint density at radius 3 is 2.62 bits per heavy atom. The lowest BCUT2D eigenvalue weighted by atomic mass is 10.2. The number of unbranched alkanes of at least 4 members (excludes halogenated alkanes) is 4. The third-order valence-electron chi connectivity index (χ3n) is 3.93. The number of nitro groups is 1. The zero-order valence-electron chi connectivity index (χ0n) is 14.9. The normalized spacial score (nSPS) is 10.3. The van der Waals surface area contributed by atoms with E-state index >= 15 is 0 Å². The van der Waals surface area contributed by atoms with Crippen molar-refractivity contribution in [1.29, 1.82) is 0 Å². The molecule has 0 aliphatic rings. The molecule has 2 rings (SSSR count). The number of benzene rings is 2. The van der Waals surface area contributed by atoms with E-state index in [1.165, 1.54) is 37.5 Å². The van der Waals surface area contributed by atoms with Crippen molar-refractivity contribution < 1.29 is 14.5 Å². The van der Waals surface area contributed by atoms with Gasteiger partial charge >= 0.3 is 0 Å². The van der Waals surface area contributed by atoms with E-state index in [1.807, 2.05) is 6.07 Å². The standard InChI is InChI=1S/C20H24N2O4/c1-2-3-4-5-6-13-26-19-12-8-10-17(15-19)21-20(23)16-9-7-11-18(14-16)22(24)25/h7-12,14-15H,2-6,13H2,1H3,(H,21,23). The highest BCUT2D eigenvalue weighted by Crippen LogP contribution is 2.20. The van der Waals surface area contributed by atoms with Crippen LogP contribution in [0.25, 0.3) is 0 Å². The molecule has 6 heteroatoms. The average Bonchev–Trinajstić information content (AvgIpc) is 2.65. The number of nitrogens with zero attached hydrogens (tertiary/aromatic N) is 1. The van der Waals surface area contributed by atoms with Gasteiger partial charge in [0, 0.05) is 29.4 Å². The summed E-state index contributed by atoms with van der Waals surface area (Å²) >= 11 is 0. The van der Waals surface area contributed by atoms with Crippen LogP contribution < -0.4 is 10.1 Å². The molecule has 138 valence electrons. The first-order valence-corrected chi connectivity index (χ1v) is 8.89. The van der Waals surface area contributed by atoms with Gasteiger partial charge in [0.15, 0.2) is 0 Å². The minimum absolute atomic E-state index is 0.113. The van der Waals surface area contributed by atoms with E-state index in [2.05, 4.69) is 12.2 Å². The summed E-state index contributed by atoms with van der Waals surface area (Å²) in [6.45, 7) is 2.83. The van der Waals surface area contributed by atoms with Crippen LogP contribution in [0.5, 0.6) is 5.75 Å². The van der Waals surface area contributed by atoms with Crippen LogP contribution in [0.3, 0.4) is 0 Å². The minimum Gasteiger partial charge on any atom is -0.494 e. The molecule has 6 nitrogen and oxygen atoms in total. The highest BCUT2D eigenvalue weighted by Gasteiger charge is 2.12. The van der Waals surface area contributed by atoms with Gasteiger partial charge in [-0.3, -0.25) is 14.9 Å². The van der Waals surface area contributed by atoms with E-state index in [4.69, 9.17) is 4.74 Å². The molecule has 0 spiro atoms. The molecule has 0 saturated heterocycles. The lowest BCUT2D eigenvalue weighted by Gasteiger charge is -2.09. The van der Waals surface area contributed by atoms with Crippen LogP contribution in [0.4, 0.5) is 11.4 Å². The van der Waals surface area contributed by atoms with Gasteiger partial charge in [-0.2, -0.15) is 0 Å². The van der Waals surface area contributed by atoms with E-state index in [0.29, 0.717) is 18.0 Å². The van der Waals surface area contributed by atoms with Crippen molar-refractivity contribution in [3.05, 3.63) is 64.2 Å². The summed E-state index contributed by atoms with van der Waals surface area (Å²) in [5, 5.41) is 13.6. The monoisotopic (exact) mass is 356 g/mol. The second kappa shape index (κ2) is 10.2. The first-order valence-electron chi connectivity index (χ1n) is 8.89. The highest BCUT2D eigenvalue weighted by molar-refractivity contribution is 6.04. The number of carbonyl (C=O) groups excluding carboxylic acids is 1. The van der Waals surface area contributed by atoms with Gasteiger partial charge in [0.2, 0.25) is 0 Å². The summed E-state index contributed by atoms with van der Waals surface area (Å²) in [5.74, 6) is 0.294. The Morgan fingerprint density at radius 1 is 1.08 bits per heavy atom. The number of nitro benzene ring substituents is 1. The van der Waals surface area contributed by atoms with Crippen LogP contribution in [0.15, 0.2) is 48.5 Å². The Morgan fingerprint density at radius 2 is 1.85 bits per heavy atom. The van der Waals surface area contributed by atoms with Crippen molar-refractivity contribution >= 4 is 17.3 Å². The van der Waals surface area contributed by atoms with Crippen LogP contribution in [-0.4, -0.2) is 17.4 Å². The number of hydrogen-bond donors (Lipinski definition) is 1. The number of non-ortho nitro benzene ring substituents is 1. The summed E-state index contributed by atoms with van der Waals surface area (Å²) < 4.78 is 5.72. The molecule has 0 saturated carbocycles. The van der Waals surface area contributed by atoms with Gasteiger partial charge in [0.05, 0.1) is 11.5 Å². The SMILES string of the molecule is CCCCCCCOc1cccc(NC(=O)c2cccc([N+](=O)[O-])c2)c1. The molecule has 0 aromatic heterocycles. The zero-order chi connectivity index (χ0) is 18.8. The summed E-state index contributed by atoms with van der Waals surface area (Å²) in [5.41, 5.74) is 0.712. The maximum atomic E-state index is 12.3. The number of amides is 1. The van der Waals surface area contributed by atoms with Crippen molar-refractivity contribution in [2.24, 2.45) is 0 Å². The maximum Gasteiger partial charge on any atom is 0.270 e. The van der Waals surface area contributed by atoms with Gasteiger partial charge in [-0.05, 0) is 24.6 Å². The predicted molar refractivity (Wildman–Crippen MR) is 102 cm³/mol. The number of nitrogens with one attached hydrogen (secondary N) is 1. The Bertz CT molecular complexity index is 746. The first-order chi connectivity index (χ1) is 12.6. The topological polar surface area (TPSA) is 81.5 Å². The van der Waals surface area contributed by atoms with Crippen molar-refractivity contribution in [3.63, 3.8) is 0 Å². The van der Waals surface area contributed by atoms with E-state index in [0.717, 1.165) is 12.8 Å². The predicted octanol–water partition coefficient (Wildman–Crippen LogP) is 5.20. The van der Waals surface area contributed by atoms with Crippen LogP contribution >= 0.6 is 0 Å². The number of anilines is 1. The fraction of sp³-hybridized carbons (Fsp3) is 0.350. The quantitative estimate of drug-likeness (QED) is 0.360. The van der Waals surface area contributed by atoms with Gasteiger partial charge in [-0.1, -0.05) is 44.7 Å². The van der Waals surface area contributed by atoms with Crippen molar-refractivity contribution in [2.75, 3.05) is 11.9 Å². The second-order valence-corrected chi connectivity index (χ2v) is 6.05. The molecule has 0 unspecified atom stereocenters. The summed E-state index contributed by atoms with van der Waals surface area (Å²) in [6.07, 6.45) is 5.84. The van der Waals surface area contributed by atoms with Crippen molar-refractivity contribution in [2.45, 2.75) is 39.0 Å². The lowest BCUT2D eigenvalue weighted by Crippen LogP contribution is -2.12. The first kappa shape index (κ1) is 19.4. The highest BCUT2D eigenvalue weighted by atomic mass is 16.6. The molecule has 2 aromatic carbocycles. The Balaban J connectivity index is 1.90. The molecular weight excluding hydrogens is 332 g/mol. The van der Waals surface area contributed by atoms with Gasteiger partial charge in [0.1, 0.15) is 5.75 Å². The van der Waals surface area contributed by atoms with Gasteiger partial charge in [-0.25, -0.2) is 0 Å². The molecule has 0 radical (unpaired) electrons. The lowest BCUT2D eigenvalue weighted by molar-refractivity contribution is -0.384. The van der Waals surface area contributed by atoms with E-state index in [-0.39, 0.29) is 11.3 Å². The van der Waals surface area contributed by atoms with Gasteiger partial charge in [0.25, 0.3) is 11.6 Å². The molecule has 0 aliphatic heterocycles. The fourth-order valence-electron chi connectivity index (χ4n) is 2.52. The second-order valence-electron chi connectivity index (χ2n) is 6.05. The molecule has 0 heterocycles.